The maximum Gasteiger partial charge on any atom is 0.227 e. The minimum Gasteiger partial charge on any atom is -0.355 e. The standard InChI is InChI=1S/C12H24N2O2S/c1-3-12(6-5-7-13-10-12)11(15)14-8-9-17(16)4-2/h13H,3-10H2,1-2H3,(H,14,15). The number of nitrogens with one attached hydrogen (secondary N) is 2. The molecule has 0 spiro atoms. The van der Waals surface area contributed by atoms with E-state index >= 15 is 0 Å². The molecule has 0 aromatic rings. The Labute approximate surface area is 106 Å². The number of carbonyl (C=O) groups excluding carboxylic acids is 1. The van der Waals surface area contributed by atoms with E-state index in [2.05, 4.69) is 17.6 Å². The van der Waals surface area contributed by atoms with Gasteiger partial charge in [0.25, 0.3) is 0 Å². The van der Waals surface area contributed by atoms with Crippen LogP contribution in [0.25, 0.3) is 0 Å². The van der Waals surface area contributed by atoms with Gasteiger partial charge in [0, 0.05) is 35.4 Å². The number of hydrogen-bond acceptors (Lipinski definition) is 3. The molecule has 100 valence electrons. The first-order valence-electron chi connectivity index (χ1n) is 6.48. The lowest BCUT2D eigenvalue weighted by molar-refractivity contribution is -0.132. The second-order valence-corrected chi connectivity index (χ2v) is 6.47. The van der Waals surface area contributed by atoms with Crippen molar-refractivity contribution in [3.8, 4) is 0 Å². The molecule has 1 aliphatic heterocycles. The molecule has 1 saturated heterocycles. The molecule has 1 heterocycles. The van der Waals surface area contributed by atoms with Crippen LogP contribution in [0.3, 0.4) is 0 Å². The van der Waals surface area contributed by atoms with Crippen LogP contribution in [0.5, 0.6) is 0 Å². The van der Waals surface area contributed by atoms with Crippen LogP contribution in [0.2, 0.25) is 0 Å². The normalized spacial score (nSPS) is 26.5. The Hall–Kier alpha value is -0.420. The molecule has 0 bridgehead atoms. The molecule has 0 radical (unpaired) electrons. The van der Waals surface area contributed by atoms with E-state index in [1.807, 2.05) is 6.92 Å². The highest BCUT2D eigenvalue weighted by molar-refractivity contribution is 7.84. The summed E-state index contributed by atoms with van der Waals surface area (Å²) >= 11 is 0. The molecule has 5 heteroatoms. The van der Waals surface area contributed by atoms with Crippen molar-refractivity contribution in [2.45, 2.75) is 33.1 Å². The summed E-state index contributed by atoms with van der Waals surface area (Å²) in [7, 11) is -0.794. The van der Waals surface area contributed by atoms with Gasteiger partial charge in [-0.15, -0.1) is 0 Å². The van der Waals surface area contributed by atoms with Gasteiger partial charge < -0.3 is 10.6 Å². The summed E-state index contributed by atoms with van der Waals surface area (Å²) in [6.45, 7) is 6.27. The molecule has 2 unspecified atom stereocenters. The van der Waals surface area contributed by atoms with Crippen LogP contribution in [0.15, 0.2) is 0 Å². The summed E-state index contributed by atoms with van der Waals surface area (Å²) in [5.74, 6) is 1.35. The zero-order valence-electron chi connectivity index (χ0n) is 10.9. The molecule has 2 atom stereocenters. The van der Waals surface area contributed by atoms with Crippen LogP contribution in [0.4, 0.5) is 0 Å². The Morgan fingerprint density at radius 3 is 2.76 bits per heavy atom. The minimum absolute atomic E-state index is 0.125. The molecule has 0 aromatic heterocycles. The van der Waals surface area contributed by atoms with Gasteiger partial charge in [0.05, 0.1) is 5.41 Å². The van der Waals surface area contributed by atoms with Crippen LogP contribution < -0.4 is 10.6 Å². The van der Waals surface area contributed by atoms with E-state index in [4.69, 9.17) is 0 Å². The van der Waals surface area contributed by atoms with E-state index in [-0.39, 0.29) is 11.3 Å². The summed E-state index contributed by atoms with van der Waals surface area (Å²) in [5, 5.41) is 6.23. The molecule has 1 fully saturated rings. The quantitative estimate of drug-likeness (QED) is 0.737. The maximum absolute atomic E-state index is 12.2. The largest absolute Gasteiger partial charge is 0.355 e. The summed E-state index contributed by atoms with van der Waals surface area (Å²) in [6, 6.07) is 0. The van der Waals surface area contributed by atoms with Crippen LogP contribution in [-0.4, -0.2) is 41.3 Å². The van der Waals surface area contributed by atoms with E-state index in [9.17, 15) is 9.00 Å². The molecule has 17 heavy (non-hydrogen) atoms. The number of rotatable bonds is 6. The fourth-order valence-corrected chi connectivity index (χ4v) is 2.85. The SMILES string of the molecule is CCS(=O)CCNC(=O)C1(CC)CCCNC1. The predicted molar refractivity (Wildman–Crippen MR) is 71.4 cm³/mol. The van der Waals surface area contributed by atoms with Gasteiger partial charge in [0.1, 0.15) is 0 Å². The average molecular weight is 260 g/mol. The lowest BCUT2D eigenvalue weighted by Crippen LogP contribution is -2.50. The lowest BCUT2D eigenvalue weighted by Gasteiger charge is -2.35. The van der Waals surface area contributed by atoms with Crippen molar-refractivity contribution in [1.29, 1.82) is 0 Å². The second-order valence-electron chi connectivity index (χ2n) is 4.60. The Morgan fingerprint density at radius 2 is 2.24 bits per heavy atom. The van der Waals surface area contributed by atoms with E-state index in [1.54, 1.807) is 0 Å². The van der Waals surface area contributed by atoms with Crippen molar-refractivity contribution in [2.24, 2.45) is 5.41 Å². The van der Waals surface area contributed by atoms with Crippen molar-refractivity contribution in [3.05, 3.63) is 0 Å². The van der Waals surface area contributed by atoms with Crippen LogP contribution in [-0.2, 0) is 15.6 Å². The van der Waals surface area contributed by atoms with Gasteiger partial charge in [-0.05, 0) is 25.8 Å². The number of piperidine rings is 1. The smallest absolute Gasteiger partial charge is 0.227 e. The number of carbonyl (C=O) groups is 1. The third-order valence-electron chi connectivity index (χ3n) is 3.57. The summed E-state index contributed by atoms with van der Waals surface area (Å²) < 4.78 is 11.3. The molecule has 0 saturated carbocycles. The fourth-order valence-electron chi connectivity index (χ4n) is 2.23. The topological polar surface area (TPSA) is 58.2 Å². The predicted octanol–water partition coefficient (Wildman–Crippen LogP) is 0.651. The van der Waals surface area contributed by atoms with E-state index in [1.165, 1.54) is 0 Å². The number of amides is 1. The molecule has 4 nitrogen and oxygen atoms in total. The molecular formula is C12H24N2O2S. The summed E-state index contributed by atoms with van der Waals surface area (Å²) in [4.78, 5) is 12.2. The van der Waals surface area contributed by atoms with Gasteiger partial charge in [-0.3, -0.25) is 9.00 Å². The average Bonchev–Trinajstić information content (AvgIpc) is 2.39. The summed E-state index contributed by atoms with van der Waals surface area (Å²) in [5.41, 5.74) is -0.244. The van der Waals surface area contributed by atoms with Crippen molar-refractivity contribution in [2.75, 3.05) is 31.1 Å². The molecule has 1 aliphatic rings. The van der Waals surface area contributed by atoms with Crippen LogP contribution in [0.1, 0.15) is 33.1 Å². The Morgan fingerprint density at radius 1 is 1.47 bits per heavy atom. The van der Waals surface area contributed by atoms with Gasteiger partial charge in [0.2, 0.25) is 5.91 Å². The van der Waals surface area contributed by atoms with Crippen LogP contribution in [0, 0.1) is 5.41 Å². The highest BCUT2D eigenvalue weighted by Gasteiger charge is 2.37. The first kappa shape index (κ1) is 14.6. The highest BCUT2D eigenvalue weighted by Crippen LogP contribution is 2.29. The molecule has 0 aliphatic carbocycles. The monoisotopic (exact) mass is 260 g/mol. The van der Waals surface area contributed by atoms with Gasteiger partial charge in [-0.1, -0.05) is 13.8 Å². The number of hydrogen-bond donors (Lipinski definition) is 2. The Balaban J connectivity index is 2.41. The highest BCUT2D eigenvalue weighted by atomic mass is 32.2. The van der Waals surface area contributed by atoms with Crippen LogP contribution >= 0.6 is 0 Å². The third kappa shape index (κ3) is 4.07. The van der Waals surface area contributed by atoms with Crippen molar-refractivity contribution < 1.29 is 9.00 Å². The first-order valence-corrected chi connectivity index (χ1v) is 7.97. The molecule has 0 aromatic carbocycles. The van der Waals surface area contributed by atoms with Gasteiger partial charge in [-0.25, -0.2) is 0 Å². The maximum atomic E-state index is 12.2. The van der Waals surface area contributed by atoms with Crippen molar-refractivity contribution >= 4 is 16.7 Å². The van der Waals surface area contributed by atoms with Crippen molar-refractivity contribution in [1.82, 2.24) is 10.6 Å². The molecule has 2 N–H and O–H groups in total. The van der Waals surface area contributed by atoms with E-state index in [0.29, 0.717) is 18.1 Å². The van der Waals surface area contributed by atoms with Gasteiger partial charge >= 0.3 is 0 Å². The zero-order chi connectivity index (χ0) is 12.7. The molecular weight excluding hydrogens is 236 g/mol. The lowest BCUT2D eigenvalue weighted by atomic mass is 9.77. The molecule has 1 rings (SSSR count). The first-order chi connectivity index (χ1) is 8.14. The minimum atomic E-state index is -0.794. The summed E-state index contributed by atoms with van der Waals surface area (Å²) in [6.07, 6.45) is 2.88. The third-order valence-corrected chi connectivity index (χ3v) is 4.87. The Bertz CT molecular complexity index is 276. The second kappa shape index (κ2) is 7.11. The van der Waals surface area contributed by atoms with E-state index < -0.39 is 10.8 Å². The molecule has 1 amide bonds. The van der Waals surface area contributed by atoms with E-state index in [0.717, 1.165) is 32.4 Å². The van der Waals surface area contributed by atoms with Gasteiger partial charge in [-0.2, -0.15) is 0 Å². The Kier molecular flexibility index (Phi) is 6.12. The van der Waals surface area contributed by atoms with Crippen molar-refractivity contribution in [3.63, 3.8) is 0 Å². The van der Waals surface area contributed by atoms with Gasteiger partial charge in [0.15, 0.2) is 0 Å². The zero-order valence-corrected chi connectivity index (χ0v) is 11.7. The fraction of sp³-hybridized carbons (Fsp3) is 0.917.